The normalized spacial score (nSPS) is 26.4. The molecule has 110 valence electrons. The molecule has 2 fully saturated rings. The van der Waals surface area contributed by atoms with E-state index in [4.69, 9.17) is 16.3 Å². The van der Waals surface area contributed by atoms with Crippen LogP contribution in [0.3, 0.4) is 0 Å². The molecule has 0 bridgehead atoms. The topological polar surface area (TPSA) is 66.8 Å². The van der Waals surface area contributed by atoms with Gasteiger partial charge in [0.25, 0.3) is 0 Å². The number of halogens is 1. The summed E-state index contributed by atoms with van der Waals surface area (Å²) in [4.78, 5) is 0. The van der Waals surface area contributed by atoms with E-state index >= 15 is 0 Å². The third-order valence-corrected chi connectivity index (χ3v) is 6.37. The van der Waals surface area contributed by atoms with E-state index in [1.807, 2.05) is 0 Å². The molecule has 0 aliphatic carbocycles. The quantitative estimate of drug-likeness (QED) is 0.902. The Morgan fingerprint density at radius 2 is 1.95 bits per heavy atom. The van der Waals surface area contributed by atoms with Gasteiger partial charge in [0.05, 0.1) is 6.61 Å². The van der Waals surface area contributed by atoms with E-state index in [0.717, 1.165) is 0 Å². The number of nitrogens with zero attached hydrogens (tertiary/aromatic N) is 1. The zero-order valence-corrected chi connectivity index (χ0v) is 12.4. The van der Waals surface area contributed by atoms with Crippen molar-refractivity contribution < 1.29 is 18.3 Å². The molecule has 1 unspecified atom stereocenters. The van der Waals surface area contributed by atoms with Crippen LogP contribution in [-0.4, -0.2) is 49.4 Å². The monoisotopic (exact) mass is 317 g/mol. The first kappa shape index (κ1) is 14.3. The molecule has 2 aliphatic rings. The molecule has 3 rings (SSSR count). The van der Waals surface area contributed by atoms with Crippen LogP contribution in [-0.2, 0) is 20.4 Å². The van der Waals surface area contributed by atoms with Crippen molar-refractivity contribution in [1.82, 2.24) is 4.31 Å². The molecule has 5 nitrogen and oxygen atoms in total. The van der Waals surface area contributed by atoms with Crippen molar-refractivity contribution in [3.05, 3.63) is 34.9 Å². The van der Waals surface area contributed by atoms with Crippen LogP contribution < -0.4 is 0 Å². The maximum Gasteiger partial charge on any atom is 0.219 e. The average Bonchev–Trinajstić information content (AvgIpc) is 2.90. The Kier molecular flexibility index (Phi) is 3.54. The lowest BCUT2D eigenvalue weighted by molar-refractivity contribution is -0.0652. The SMILES string of the molecule is O=S(=O)(C1CCOC1)N1CC(O)(c2ccc(Cl)cc2)C1. The molecule has 20 heavy (non-hydrogen) atoms. The number of ether oxygens (including phenoxy) is 1. The minimum Gasteiger partial charge on any atom is -0.382 e. The zero-order chi connectivity index (χ0) is 14.4. The third-order valence-electron chi connectivity index (χ3n) is 3.93. The molecule has 0 amide bonds. The second kappa shape index (κ2) is 4.96. The molecule has 2 saturated heterocycles. The Morgan fingerprint density at radius 3 is 2.50 bits per heavy atom. The lowest BCUT2D eigenvalue weighted by Gasteiger charge is -2.46. The van der Waals surface area contributed by atoms with Crippen molar-refractivity contribution in [2.24, 2.45) is 0 Å². The summed E-state index contributed by atoms with van der Waals surface area (Å²) in [5.74, 6) is 0. The maximum atomic E-state index is 12.3. The third kappa shape index (κ3) is 2.35. The lowest BCUT2D eigenvalue weighted by Crippen LogP contribution is -2.62. The van der Waals surface area contributed by atoms with Crippen molar-refractivity contribution >= 4 is 21.6 Å². The number of rotatable bonds is 3. The van der Waals surface area contributed by atoms with Crippen LogP contribution in [0.4, 0.5) is 0 Å². The van der Waals surface area contributed by atoms with Gasteiger partial charge in [-0.3, -0.25) is 0 Å². The lowest BCUT2D eigenvalue weighted by atomic mass is 9.88. The fourth-order valence-electron chi connectivity index (χ4n) is 2.62. The highest BCUT2D eigenvalue weighted by molar-refractivity contribution is 7.89. The average molecular weight is 318 g/mol. The van der Waals surface area contributed by atoms with Crippen LogP contribution in [0.15, 0.2) is 24.3 Å². The number of β-amino-alcohol motifs (C(OH)–C–C–N with tert-alkyl or cyclic N) is 1. The van der Waals surface area contributed by atoms with Crippen LogP contribution in [0.1, 0.15) is 12.0 Å². The number of benzene rings is 1. The minimum absolute atomic E-state index is 0.0907. The van der Waals surface area contributed by atoms with Gasteiger partial charge in [-0.2, -0.15) is 4.31 Å². The molecule has 2 aliphatic heterocycles. The molecule has 1 aromatic carbocycles. The van der Waals surface area contributed by atoms with Crippen LogP contribution in [0.2, 0.25) is 5.02 Å². The second-order valence-corrected chi connectivity index (χ2v) is 7.99. The van der Waals surface area contributed by atoms with Gasteiger partial charge < -0.3 is 9.84 Å². The highest BCUT2D eigenvalue weighted by Gasteiger charge is 2.50. The molecule has 0 radical (unpaired) electrons. The van der Waals surface area contributed by atoms with Crippen LogP contribution in [0, 0.1) is 0 Å². The second-order valence-electron chi connectivity index (χ2n) is 5.34. The van der Waals surface area contributed by atoms with E-state index < -0.39 is 20.9 Å². The number of hydrogen-bond acceptors (Lipinski definition) is 4. The zero-order valence-electron chi connectivity index (χ0n) is 10.8. The maximum absolute atomic E-state index is 12.3. The Hall–Kier alpha value is -0.660. The highest BCUT2D eigenvalue weighted by atomic mass is 35.5. The Labute approximate surface area is 123 Å². The van der Waals surface area contributed by atoms with Crippen molar-refractivity contribution in [2.75, 3.05) is 26.3 Å². The van der Waals surface area contributed by atoms with E-state index in [1.54, 1.807) is 24.3 Å². The minimum atomic E-state index is -3.37. The van der Waals surface area contributed by atoms with E-state index in [1.165, 1.54) is 4.31 Å². The van der Waals surface area contributed by atoms with Crippen LogP contribution in [0.5, 0.6) is 0 Å². The van der Waals surface area contributed by atoms with Gasteiger partial charge >= 0.3 is 0 Å². The fraction of sp³-hybridized carbons (Fsp3) is 0.538. The first-order valence-electron chi connectivity index (χ1n) is 6.47. The molecule has 0 spiro atoms. The van der Waals surface area contributed by atoms with Gasteiger partial charge in [-0.1, -0.05) is 23.7 Å². The largest absolute Gasteiger partial charge is 0.382 e. The molecule has 1 atom stereocenters. The molecule has 0 aromatic heterocycles. The molecular weight excluding hydrogens is 302 g/mol. The summed E-state index contributed by atoms with van der Waals surface area (Å²) in [6.07, 6.45) is 0.526. The van der Waals surface area contributed by atoms with Crippen molar-refractivity contribution in [3.8, 4) is 0 Å². The van der Waals surface area contributed by atoms with Gasteiger partial charge in [-0.25, -0.2) is 8.42 Å². The highest BCUT2D eigenvalue weighted by Crippen LogP contribution is 2.36. The fourth-order valence-corrected chi connectivity index (χ4v) is 4.62. The first-order valence-corrected chi connectivity index (χ1v) is 8.35. The first-order chi connectivity index (χ1) is 9.42. The predicted octanol–water partition coefficient (Wildman–Crippen LogP) is 0.962. The summed E-state index contributed by atoms with van der Waals surface area (Å²) >= 11 is 5.81. The summed E-state index contributed by atoms with van der Waals surface area (Å²) < 4.78 is 31.1. The summed E-state index contributed by atoms with van der Waals surface area (Å²) in [5.41, 5.74) is -0.423. The van der Waals surface area contributed by atoms with Crippen LogP contribution in [0.25, 0.3) is 0 Å². The standard InChI is InChI=1S/C13H16ClNO4S/c14-11-3-1-10(2-4-11)13(16)8-15(9-13)20(17,18)12-5-6-19-7-12/h1-4,12,16H,5-9H2. The molecule has 7 heteroatoms. The van der Waals surface area contributed by atoms with E-state index in [2.05, 4.69) is 0 Å². The molecular formula is C13H16ClNO4S. The summed E-state index contributed by atoms with van der Waals surface area (Å²) in [6.45, 7) is 0.915. The van der Waals surface area contributed by atoms with Gasteiger partial charge in [0.2, 0.25) is 10.0 Å². The van der Waals surface area contributed by atoms with E-state index in [9.17, 15) is 13.5 Å². The summed E-state index contributed by atoms with van der Waals surface area (Å²) in [5, 5.41) is 10.6. The number of sulfonamides is 1. The molecule has 0 saturated carbocycles. The van der Waals surface area contributed by atoms with Crippen LogP contribution >= 0.6 is 11.6 Å². The van der Waals surface area contributed by atoms with Crippen molar-refractivity contribution in [2.45, 2.75) is 17.3 Å². The van der Waals surface area contributed by atoms with Crippen molar-refractivity contribution in [1.29, 1.82) is 0 Å². The van der Waals surface area contributed by atoms with E-state index in [-0.39, 0.29) is 19.7 Å². The Morgan fingerprint density at radius 1 is 1.30 bits per heavy atom. The van der Waals surface area contributed by atoms with Gasteiger partial charge in [-0.05, 0) is 24.1 Å². The Bertz CT molecular complexity index is 589. The summed E-state index contributed by atoms with van der Waals surface area (Å²) in [6, 6.07) is 6.84. The molecule has 2 heterocycles. The van der Waals surface area contributed by atoms with Gasteiger partial charge in [0.15, 0.2) is 0 Å². The number of hydrogen-bond donors (Lipinski definition) is 1. The molecule has 1 aromatic rings. The summed E-state index contributed by atoms with van der Waals surface area (Å²) in [7, 11) is -3.37. The van der Waals surface area contributed by atoms with Gasteiger partial charge in [0, 0.05) is 24.7 Å². The van der Waals surface area contributed by atoms with E-state index in [0.29, 0.717) is 23.6 Å². The van der Waals surface area contributed by atoms with Crippen molar-refractivity contribution in [3.63, 3.8) is 0 Å². The smallest absolute Gasteiger partial charge is 0.219 e. The number of aliphatic hydroxyl groups is 1. The Balaban J connectivity index is 1.72. The predicted molar refractivity (Wildman–Crippen MR) is 75.1 cm³/mol. The van der Waals surface area contributed by atoms with Gasteiger partial charge in [0.1, 0.15) is 10.9 Å². The molecule has 1 N–H and O–H groups in total. The van der Waals surface area contributed by atoms with Gasteiger partial charge in [-0.15, -0.1) is 0 Å².